The van der Waals surface area contributed by atoms with E-state index in [1.54, 1.807) is 44.2 Å². The summed E-state index contributed by atoms with van der Waals surface area (Å²) in [6, 6.07) is 10.3. The molecule has 33 heavy (non-hydrogen) atoms. The van der Waals surface area contributed by atoms with Crippen LogP contribution in [-0.4, -0.2) is 50.5 Å². The fourth-order valence-electron chi connectivity index (χ4n) is 3.31. The number of benzene rings is 2. The molecule has 0 saturated carbocycles. The predicted octanol–water partition coefficient (Wildman–Crippen LogP) is 4.36. The first-order valence-corrected chi connectivity index (χ1v) is 13.2. The van der Waals surface area contributed by atoms with E-state index in [1.807, 2.05) is 0 Å². The van der Waals surface area contributed by atoms with Crippen LogP contribution < -0.4 is 9.62 Å². The van der Waals surface area contributed by atoms with Gasteiger partial charge >= 0.3 is 0 Å². The number of sulfonamides is 1. The number of nitrogens with zero attached hydrogens (tertiary/aromatic N) is 2. The molecule has 180 valence electrons. The van der Waals surface area contributed by atoms with Crippen LogP contribution in [0.25, 0.3) is 0 Å². The Labute approximate surface area is 209 Å². The molecule has 0 fully saturated rings. The maximum absolute atomic E-state index is 13.5. The highest BCUT2D eigenvalue weighted by Crippen LogP contribution is 2.28. The number of anilines is 1. The summed E-state index contributed by atoms with van der Waals surface area (Å²) in [6.07, 6.45) is 1.30. The monoisotopic (exact) mass is 533 g/mol. The molecule has 2 rings (SSSR count). The van der Waals surface area contributed by atoms with Crippen LogP contribution in [0, 0.1) is 0 Å². The third kappa shape index (κ3) is 7.24. The van der Waals surface area contributed by atoms with E-state index >= 15 is 0 Å². The zero-order valence-corrected chi connectivity index (χ0v) is 21.6. The molecule has 0 aliphatic carbocycles. The van der Waals surface area contributed by atoms with E-state index in [0.29, 0.717) is 33.6 Å². The smallest absolute Gasteiger partial charge is 0.244 e. The summed E-state index contributed by atoms with van der Waals surface area (Å²) in [7, 11) is -3.84. The lowest BCUT2D eigenvalue weighted by atomic mass is 10.1. The van der Waals surface area contributed by atoms with Gasteiger partial charge < -0.3 is 10.2 Å². The van der Waals surface area contributed by atoms with Crippen LogP contribution >= 0.6 is 34.8 Å². The fraction of sp³-hybridized carbons (Fsp3) is 0.364. The van der Waals surface area contributed by atoms with Crippen LogP contribution in [0.4, 0.5) is 5.69 Å². The van der Waals surface area contributed by atoms with E-state index in [4.69, 9.17) is 34.8 Å². The Morgan fingerprint density at radius 1 is 1.03 bits per heavy atom. The Morgan fingerprint density at radius 3 is 2.15 bits per heavy atom. The second-order valence-corrected chi connectivity index (χ2v) is 10.4. The Balaban J connectivity index is 2.49. The summed E-state index contributed by atoms with van der Waals surface area (Å²) in [5.41, 5.74) is 0.700. The molecule has 0 aliphatic rings. The maximum Gasteiger partial charge on any atom is 0.244 e. The molecule has 1 N–H and O–H groups in total. The molecule has 0 saturated heterocycles. The summed E-state index contributed by atoms with van der Waals surface area (Å²) in [5, 5.41) is 3.71. The summed E-state index contributed by atoms with van der Waals surface area (Å²) >= 11 is 18.7. The Bertz CT molecular complexity index is 1090. The lowest BCUT2D eigenvalue weighted by Crippen LogP contribution is -2.52. The SMILES string of the molecule is CCNC(=O)[C@H](CC)N(Cc1c(Cl)cccc1Cl)C(=O)CN(c1cccc(Cl)c1)S(C)(=O)=O. The first-order chi connectivity index (χ1) is 15.5. The number of likely N-dealkylation sites (N-methyl/N-ethyl adjacent to an activating group) is 1. The van der Waals surface area contributed by atoms with E-state index < -0.39 is 28.5 Å². The quantitative estimate of drug-likeness (QED) is 0.491. The van der Waals surface area contributed by atoms with Crippen LogP contribution in [0.3, 0.4) is 0 Å². The number of amides is 2. The van der Waals surface area contributed by atoms with E-state index in [0.717, 1.165) is 10.6 Å². The number of hydrogen-bond acceptors (Lipinski definition) is 4. The Hall–Kier alpha value is -2.00. The second kappa shape index (κ2) is 11.9. The van der Waals surface area contributed by atoms with Crippen molar-refractivity contribution in [2.75, 3.05) is 23.7 Å². The highest BCUT2D eigenvalue weighted by molar-refractivity contribution is 7.92. The molecular weight excluding hydrogens is 509 g/mol. The van der Waals surface area contributed by atoms with Crippen molar-refractivity contribution in [3.8, 4) is 0 Å². The van der Waals surface area contributed by atoms with Crippen LogP contribution in [0.1, 0.15) is 25.8 Å². The van der Waals surface area contributed by atoms with Gasteiger partial charge in [0.1, 0.15) is 12.6 Å². The lowest BCUT2D eigenvalue weighted by molar-refractivity contribution is -0.140. The third-order valence-corrected chi connectivity index (χ3v) is 6.99. The van der Waals surface area contributed by atoms with Crippen molar-refractivity contribution in [2.45, 2.75) is 32.9 Å². The molecule has 0 bridgehead atoms. The van der Waals surface area contributed by atoms with Gasteiger partial charge in [0.15, 0.2) is 0 Å². The number of carbonyl (C=O) groups is 2. The summed E-state index contributed by atoms with van der Waals surface area (Å²) in [4.78, 5) is 27.6. The maximum atomic E-state index is 13.5. The van der Waals surface area contributed by atoms with Gasteiger partial charge in [0.2, 0.25) is 21.8 Å². The van der Waals surface area contributed by atoms with Crippen molar-refractivity contribution in [3.05, 3.63) is 63.1 Å². The molecule has 0 heterocycles. The molecule has 0 spiro atoms. The molecule has 0 aliphatic heterocycles. The van der Waals surface area contributed by atoms with Gasteiger partial charge in [0.25, 0.3) is 0 Å². The molecule has 2 amide bonds. The largest absolute Gasteiger partial charge is 0.355 e. The highest BCUT2D eigenvalue weighted by atomic mass is 35.5. The standard InChI is InChI=1S/C22H26Cl3N3O4S/c1-4-20(22(30)26-5-2)27(13-17-18(24)10-7-11-19(17)25)21(29)14-28(33(3,31)32)16-9-6-8-15(23)12-16/h6-12,20H,4-5,13-14H2,1-3H3,(H,26,30)/t20-/m0/s1. The lowest BCUT2D eigenvalue weighted by Gasteiger charge is -2.33. The zero-order valence-electron chi connectivity index (χ0n) is 18.5. The van der Waals surface area contributed by atoms with Crippen molar-refractivity contribution in [1.82, 2.24) is 10.2 Å². The summed E-state index contributed by atoms with van der Waals surface area (Å²) in [6.45, 7) is 3.31. The van der Waals surface area contributed by atoms with Crippen molar-refractivity contribution in [1.29, 1.82) is 0 Å². The summed E-state index contributed by atoms with van der Waals surface area (Å²) < 4.78 is 26.0. The van der Waals surface area contributed by atoms with Crippen LogP contribution in [-0.2, 0) is 26.2 Å². The number of halogens is 3. The van der Waals surface area contributed by atoms with Crippen LogP contribution in [0.5, 0.6) is 0 Å². The topological polar surface area (TPSA) is 86.8 Å². The van der Waals surface area contributed by atoms with Crippen molar-refractivity contribution >= 4 is 62.3 Å². The molecule has 1 atom stereocenters. The van der Waals surface area contributed by atoms with Gasteiger partial charge in [0.05, 0.1) is 11.9 Å². The average Bonchev–Trinajstić information content (AvgIpc) is 2.73. The van der Waals surface area contributed by atoms with Gasteiger partial charge in [-0.2, -0.15) is 0 Å². The number of rotatable bonds is 10. The number of hydrogen-bond donors (Lipinski definition) is 1. The fourth-order valence-corrected chi connectivity index (χ4v) is 4.85. The molecule has 0 aromatic heterocycles. The van der Waals surface area contributed by atoms with Gasteiger partial charge in [-0.1, -0.05) is 53.9 Å². The van der Waals surface area contributed by atoms with Crippen molar-refractivity contribution in [3.63, 3.8) is 0 Å². The minimum Gasteiger partial charge on any atom is -0.355 e. The van der Waals surface area contributed by atoms with Gasteiger partial charge in [0, 0.05) is 33.7 Å². The summed E-state index contributed by atoms with van der Waals surface area (Å²) in [5.74, 6) is -0.945. The van der Waals surface area contributed by atoms with Gasteiger partial charge in [-0.15, -0.1) is 0 Å². The molecule has 2 aromatic rings. The minimum absolute atomic E-state index is 0.0693. The van der Waals surface area contributed by atoms with Crippen molar-refractivity contribution < 1.29 is 18.0 Å². The Kier molecular flexibility index (Phi) is 9.84. The molecule has 11 heteroatoms. The first-order valence-electron chi connectivity index (χ1n) is 10.2. The van der Waals surface area contributed by atoms with Crippen molar-refractivity contribution in [2.24, 2.45) is 0 Å². The molecule has 2 aromatic carbocycles. The zero-order chi connectivity index (χ0) is 24.8. The van der Waals surface area contributed by atoms with Crippen LogP contribution in [0.15, 0.2) is 42.5 Å². The molecule has 7 nitrogen and oxygen atoms in total. The third-order valence-electron chi connectivity index (χ3n) is 4.90. The predicted molar refractivity (Wildman–Crippen MR) is 133 cm³/mol. The van der Waals surface area contributed by atoms with E-state index in [1.165, 1.54) is 17.0 Å². The number of nitrogens with one attached hydrogen (secondary N) is 1. The van der Waals surface area contributed by atoms with Gasteiger partial charge in [-0.3, -0.25) is 13.9 Å². The first kappa shape index (κ1) is 27.2. The van der Waals surface area contributed by atoms with Gasteiger partial charge in [-0.25, -0.2) is 8.42 Å². The molecule has 0 radical (unpaired) electrons. The van der Waals surface area contributed by atoms with E-state index in [2.05, 4.69) is 5.32 Å². The normalized spacial score (nSPS) is 12.2. The van der Waals surface area contributed by atoms with E-state index in [-0.39, 0.29) is 18.1 Å². The van der Waals surface area contributed by atoms with Gasteiger partial charge in [-0.05, 0) is 43.7 Å². The van der Waals surface area contributed by atoms with E-state index in [9.17, 15) is 18.0 Å². The Morgan fingerprint density at radius 2 is 1.64 bits per heavy atom. The molecule has 0 unspecified atom stereocenters. The molecular formula is C22H26Cl3N3O4S. The number of carbonyl (C=O) groups excluding carboxylic acids is 2. The second-order valence-electron chi connectivity index (χ2n) is 7.29. The van der Waals surface area contributed by atoms with Crippen LogP contribution in [0.2, 0.25) is 15.1 Å². The minimum atomic E-state index is -3.84. The highest BCUT2D eigenvalue weighted by Gasteiger charge is 2.32. The average molecular weight is 535 g/mol.